The summed E-state index contributed by atoms with van der Waals surface area (Å²) in [6.07, 6.45) is 0.597. The first-order valence-corrected chi connectivity index (χ1v) is 11.8. The summed E-state index contributed by atoms with van der Waals surface area (Å²) in [7, 11) is 1.71. The van der Waals surface area contributed by atoms with Crippen LogP contribution in [-0.4, -0.2) is 23.6 Å². The Hall–Kier alpha value is -4.23. The third-order valence-electron chi connectivity index (χ3n) is 5.86. The summed E-state index contributed by atoms with van der Waals surface area (Å²) in [6.45, 7) is 2.16. The number of pyridine rings is 1. The third-order valence-corrected chi connectivity index (χ3v) is 5.86. The number of nitrogens with one attached hydrogen (secondary N) is 2. The summed E-state index contributed by atoms with van der Waals surface area (Å²) in [5.41, 5.74) is 2.35. The van der Waals surface area contributed by atoms with Crippen LogP contribution in [-0.2, 0) is 11.3 Å². The fourth-order valence-corrected chi connectivity index (χ4v) is 3.96. The number of rotatable bonds is 9. The Balaban J connectivity index is 1.69. The molecule has 0 saturated carbocycles. The number of anilines is 1. The van der Waals surface area contributed by atoms with E-state index in [1.165, 1.54) is 12.1 Å². The van der Waals surface area contributed by atoms with E-state index in [2.05, 4.69) is 10.6 Å². The molecule has 1 aromatic heterocycles. The molecule has 0 aliphatic heterocycles. The summed E-state index contributed by atoms with van der Waals surface area (Å²) < 4.78 is 20.7. The Kier molecular flexibility index (Phi) is 7.92. The lowest BCUT2D eigenvalue weighted by molar-refractivity contribution is -0.118. The second-order valence-corrected chi connectivity index (χ2v) is 8.33. The van der Waals surface area contributed by atoms with E-state index in [1.807, 2.05) is 61.5 Å². The zero-order valence-electron chi connectivity index (χ0n) is 20.2. The van der Waals surface area contributed by atoms with Crippen LogP contribution in [0.1, 0.15) is 18.9 Å². The van der Waals surface area contributed by atoms with E-state index in [4.69, 9.17) is 4.74 Å². The van der Waals surface area contributed by atoms with E-state index in [1.54, 1.807) is 35.9 Å². The molecule has 1 heterocycles. The van der Waals surface area contributed by atoms with Crippen LogP contribution in [0.15, 0.2) is 95.8 Å². The van der Waals surface area contributed by atoms with Gasteiger partial charge in [-0.1, -0.05) is 49.4 Å². The molecule has 4 aromatic rings. The smallest absolute Gasteiger partial charge is 0.275 e. The number of ether oxygens (including phenoxy) is 1. The molecule has 1 atom stereocenters. The zero-order valence-corrected chi connectivity index (χ0v) is 20.2. The third kappa shape index (κ3) is 5.87. The lowest BCUT2D eigenvalue weighted by Gasteiger charge is -2.18. The Morgan fingerprint density at radius 2 is 1.69 bits per heavy atom. The van der Waals surface area contributed by atoms with Gasteiger partial charge in [-0.05, 0) is 73.1 Å². The van der Waals surface area contributed by atoms with Crippen molar-refractivity contribution in [3.8, 4) is 22.8 Å². The van der Waals surface area contributed by atoms with Crippen molar-refractivity contribution < 1.29 is 13.9 Å². The lowest BCUT2D eigenvalue weighted by atomic mass is 10.1. The van der Waals surface area contributed by atoms with Crippen molar-refractivity contribution in [2.45, 2.75) is 25.9 Å². The van der Waals surface area contributed by atoms with Crippen molar-refractivity contribution in [1.29, 1.82) is 0 Å². The lowest BCUT2D eigenvalue weighted by Crippen LogP contribution is -2.39. The molecule has 2 N–H and O–H groups in total. The van der Waals surface area contributed by atoms with Gasteiger partial charge in [-0.3, -0.25) is 9.59 Å². The number of aromatic nitrogens is 1. The normalized spacial score (nSPS) is 11.6. The highest BCUT2D eigenvalue weighted by Crippen LogP contribution is 2.25. The minimum Gasteiger partial charge on any atom is -0.457 e. The first-order chi connectivity index (χ1) is 17.5. The molecule has 1 amide bonds. The molecule has 0 saturated heterocycles. The summed E-state index contributed by atoms with van der Waals surface area (Å²) in [5.74, 6) is 0.481. The number of halogens is 1. The molecule has 184 valence electrons. The second-order valence-electron chi connectivity index (χ2n) is 8.33. The minimum absolute atomic E-state index is 0.215. The highest BCUT2D eigenvalue weighted by atomic mass is 19.1. The van der Waals surface area contributed by atoms with Gasteiger partial charge in [0, 0.05) is 0 Å². The summed E-state index contributed by atoms with van der Waals surface area (Å²) in [6, 6.07) is 25.9. The average Bonchev–Trinajstić information content (AvgIpc) is 2.89. The van der Waals surface area contributed by atoms with Crippen molar-refractivity contribution in [2.24, 2.45) is 0 Å². The van der Waals surface area contributed by atoms with Gasteiger partial charge in [0.15, 0.2) is 0 Å². The summed E-state index contributed by atoms with van der Waals surface area (Å²) in [5, 5.41) is 5.73. The summed E-state index contributed by atoms with van der Waals surface area (Å²) >= 11 is 0. The van der Waals surface area contributed by atoms with Crippen molar-refractivity contribution in [2.75, 3.05) is 12.4 Å². The number of hydrogen-bond donors (Lipinski definition) is 2. The number of carbonyl (C=O) groups is 1. The Morgan fingerprint density at radius 1 is 0.944 bits per heavy atom. The van der Waals surface area contributed by atoms with Gasteiger partial charge in [0.1, 0.15) is 23.0 Å². The van der Waals surface area contributed by atoms with Crippen molar-refractivity contribution in [3.05, 3.63) is 113 Å². The van der Waals surface area contributed by atoms with Gasteiger partial charge in [-0.2, -0.15) is 0 Å². The molecular formula is C29H28FN3O3. The number of hydrogen-bond acceptors (Lipinski definition) is 4. The molecular weight excluding hydrogens is 457 g/mol. The maximum Gasteiger partial charge on any atom is 0.275 e. The van der Waals surface area contributed by atoms with Gasteiger partial charge in [0.2, 0.25) is 5.91 Å². The van der Waals surface area contributed by atoms with E-state index in [9.17, 15) is 14.0 Å². The second kappa shape index (κ2) is 11.5. The number of carbonyl (C=O) groups excluding carboxylic acids is 1. The van der Waals surface area contributed by atoms with Crippen LogP contribution in [0.2, 0.25) is 0 Å². The fraction of sp³-hybridized carbons (Fsp3) is 0.172. The standard InChI is InChI=1S/C29H28FN3O3/c1-3-25(31-2)28(34)32-26-16-17-27(21-9-5-4-6-10-21)33(29(26)35)19-20-8-7-11-24(18-20)36-23-14-12-22(30)13-15-23/h4-18,25,31H,3,19H2,1-2H3,(H,32,34)/t25-/m0/s1. The molecule has 6 nitrogen and oxygen atoms in total. The van der Waals surface area contributed by atoms with Crippen LogP contribution < -0.4 is 20.9 Å². The van der Waals surface area contributed by atoms with E-state index < -0.39 is 6.04 Å². The molecule has 3 aromatic carbocycles. The maximum atomic E-state index is 13.6. The summed E-state index contributed by atoms with van der Waals surface area (Å²) in [4.78, 5) is 26.2. The van der Waals surface area contributed by atoms with Crippen molar-refractivity contribution >= 4 is 11.6 Å². The highest BCUT2D eigenvalue weighted by Gasteiger charge is 2.18. The molecule has 0 spiro atoms. The number of likely N-dealkylation sites (N-methyl/N-ethyl adjacent to an activating group) is 1. The van der Waals surface area contributed by atoms with E-state index in [0.717, 1.165) is 16.8 Å². The monoisotopic (exact) mass is 485 g/mol. The number of benzene rings is 3. The Bertz CT molecular complexity index is 1380. The minimum atomic E-state index is -0.396. The fourth-order valence-electron chi connectivity index (χ4n) is 3.96. The number of amides is 1. The Morgan fingerprint density at radius 3 is 2.39 bits per heavy atom. The largest absolute Gasteiger partial charge is 0.457 e. The van der Waals surface area contributed by atoms with Gasteiger partial charge in [-0.25, -0.2) is 4.39 Å². The highest BCUT2D eigenvalue weighted by molar-refractivity contribution is 5.94. The first kappa shape index (κ1) is 24.9. The molecule has 7 heteroatoms. The predicted octanol–water partition coefficient (Wildman–Crippen LogP) is 5.43. The van der Waals surface area contributed by atoms with Crippen LogP contribution in [0.3, 0.4) is 0 Å². The van der Waals surface area contributed by atoms with Crippen molar-refractivity contribution in [1.82, 2.24) is 9.88 Å². The molecule has 0 unspecified atom stereocenters. The predicted molar refractivity (Wildman–Crippen MR) is 140 cm³/mol. The van der Waals surface area contributed by atoms with Gasteiger partial charge in [0.05, 0.1) is 18.3 Å². The van der Waals surface area contributed by atoms with Crippen LogP contribution in [0, 0.1) is 5.82 Å². The molecule has 0 aliphatic carbocycles. The number of nitrogens with zero attached hydrogens (tertiary/aromatic N) is 1. The van der Waals surface area contributed by atoms with E-state index in [-0.39, 0.29) is 29.5 Å². The zero-order chi connectivity index (χ0) is 25.5. The molecule has 0 bridgehead atoms. The van der Waals surface area contributed by atoms with Crippen LogP contribution in [0.5, 0.6) is 11.5 Å². The molecule has 0 aliphatic rings. The van der Waals surface area contributed by atoms with Gasteiger partial charge in [-0.15, -0.1) is 0 Å². The molecule has 0 radical (unpaired) electrons. The van der Waals surface area contributed by atoms with Gasteiger partial charge in [0.25, 0.3) is 5.56 Å². The molecule has 4 rings (SSSR count). The van der Waals surface area contributed by atoms with Crippen LogP contribution >= 0.6 is 0 Å². The van der Waals surface area contributed by atoms with Gasteiger partial charge < -0.3 is 19.9 Å². The first-order valence-electron chi connectivity index (χ1n) is 11.8. The van der Waals surface area contributed by atoms with Crippen LogP contribution in [0.4, 0.5) is 10.1 Å². The average molecular weight is 486 g/mol. The van der Waals surface area contributed by atoms with Crippen molar-refractivity contribution in [3.63, 3.8) is 0 Å². The van der Waals surface area contributed by atoms with E-state index >= 15 is 0 Å². The molecule has 36 heavy (non-hydrogen) atoms. The Labute approximate surface area is 209 Å². The SMILES string of the molecule is CC[C@H](NC)C(=O)Nc1ccc(-c2ccccc2)n(Cc2cccc(Oc3ccc(F)cc3)c2)c1=O. The quantitative estimate of drug-likeness (QED) is 0.332. The topological polar surface area (TPSA) is 72.4 Å². The maximum absolute atomic E-state index is 13.6. The molecule has 0 fully saturated rings. The van der Waals surface area contributed by atoms with Gasteiger partial charge >= 0.3 is 0 Å². The van der Waals surface area contributed by atoms with E-state index in [0.29, 0.717) is 17.9 Å². The van der Waals surface area contributed by atoms with Crippen LogP contribution in [0.25, 0.3) is 11.3 Å².